The predicted molar refractivity (Wildman–Crippen MR) is 50.2 cm³/mol. The molecular formula is C9H13ClN2. The third-order valence-electron chi connectivity index (χ3n) is 1.45. The van der Waals surface area contributed by atoms with Crippen LogP contribution in [0.5, 0.6) is 0 Å². The summed E-state index contributed by atoms with van der Waals surface area (Å²) < 4.78 is 0. The lowest BCUT2D eigenvalue weighted by atomic mass is 9.89. The largest absolute Gasteiger partial charge is 0.244 e. The molecule has 0 N–H and O–H groups in total. The van der Waals surface area contributed by atoms with Crippen molar-refractivity contribution in [1.29, 1.82) is 0 Å². The lowest BCUT2D eigenvalue weighted by molar-refractivity contribution is 0.410. The number of aromatic nitrogens is 2. The minimum absolute atomic E-state index is 0.231. The van der Waals surface area contributed by atoms with E-state index in [9.17, 15) is 0 Å². The molecule has 1 aromatic heterocycles. The molecule has 0 radical (unpaired) electrons. The number of rotatable bonds is 1. The minimum atomic E-state index is 0.231. The second-order valence-electron chi connectivity index (χ2n) is 4.08. The molecule has 0 bridgehead atoms. The Labute approximate surface area is 78.0 Å². The topological polar surface area (TPSA) is 25.8 Å². The van der Waals surface area contributed by atoms with Crippen molar-refractivity contribution < 1.29 is 0 Å². The Kier molecular flexibility index (Phi) is 2.68. The average molecular weight is 185 g/mol. The molecule has 12 heavy (non-hydrogen) atoms. The van der Waals surface area contributed by atoms with Crippen LogP contribution in [0.1, 0.15) is 26.3 Å². The van der Waals surface area contributed by atoms with Crippen molar-refractivity contribution in [2.24, 2.45) is 5.41 Å². The van der Waals surface area contributed by atoms with E-state index in [4.69, 9.17) is 11.6 Å². The Balaban J connectivity index is 2.83. The molecule has 3 heteroatoms. The molecular weight excluding hydrogens is 172 g/mol. The standard InChI is InChI=1S/C9H13ClN2/c1-9(2,3)4-7-5-11-6-12-8(7)10/h5-6H,4H2,1-3H3. The van der Waals surface area contributed by atoms with Gasteiger partial charge in [0.1, 0.15) is 11.5 Å². The van der Waals surface area contributed by atoms with Gasteiger partial charge in [-0.1, -0.05) is 32.4 Å². The first-order chi connectivity index (χ1) is 5.49. The number of nitrogens with zero attached hydrogens (tertiary/aromatic N) is 2. The Hall–Kier alpha value is -0.630. The quantitative estimate of drug-likeness (QED) is 0.628. The molecule has 0 saturated carbocycles. The molecule has 0 aliphatic rings. The molecule has 0 unspecified atom stereocenters. The van der Waals surface area contributed by atoms with Crippen LogP contribution in [-0.4, -0.2) is 9.97 Å². The second-order valence-corrected chi connectivity index (χ2v) is 4.43. The van der Waals surface area contributed by atoms with E-state index >= 15 is 0 Å². The van der Waals surface area contributed by atoms with Crippen molar-refractivity contribution in [3.63, 3.8) is 0 Å². The normalized spacial score (nSPS) is 11.7. The van der Waals surface area contributed by atoms with Crippen LogP contribution in [0.25, 0.3) is 0 Å². The summed E-state index contributed by atoms with van der Waals surface area (Å²) in [6.07, 6.45) is 4.15. The Bertz CT molecular complexity index is 265. The van der Waals surface area contributed by atoms with Crippen molar-refractivity contribution in [3.8, 4) is 0 Å². The van der Waals surface area contributed by atoms with Crippen LogP contribution in [0.4, 0.5) is 0 Å². The maximum atomic E-state index is 5.88. The van der Waals surface area contributed by atoms with Crippen molar-refractivity contribution in [2.45, 2.75) is 27.2 Å². The minimum Gasteiger partial charge on any atom is -0.244 e. The lowest BCUT2D eigenvalue weighted by Gasteiger charge is -2.17. The third kappa shape index (κ3) is 2.78. The molecule has 0 aromatic carbocycles. The lowest BCUT2D eigenvalue weighted by Crippen LogP contribution is -2.10. The van der Waals surface area contributed by atoms with E-state index in [2.05, 4.69) is 30.7 Å². The zero-order valence-corrected chi connectivity index (χ0v) is 8.39. The van der Waals surface area contributed by atoms with Crippen LogP contribution >= 0.6 is 11.6 Å². The van der Waals surface area contributed by atoms with Crippen LogP contribution in [-0.2, 0) is 6.42 Å². The van der Waals surface area contributed by atoms with Gasteiger partial charge in [-0.25, -0.2) is 9.97 Å². The molecule has 0 amide bonds. The van der Waals surface area contributed by atoms with Crippen molar-refractivity contribution in [2.75, 3.05) is 0 Å². The first-order valence-electron chi connectivity index (χ1n) is 3.93. The van der Waals surface area contributed by atoms with Gasteiger partial charge in [-0.3, -0.25) is 0 Å². The van der Waals surface area contributed by atoms with Gasteiger partial charge in [0.05, 0.1) is 0 Å². The summed E-state index contributed by atoms with van der Waals surface area (Å²) in [6.45, 7) is 6.49. The van der Waals surface area contributed by atoms with Crippen molar-refractivity contribution in [1.82, 2.24) is 9.97 Å². The zero-order chi connectivity index (χ0) is 9.19. The molecule has 0 atom stereocenters. The van der Waals surface area contributed by atoms with Crippen LogP contribution in [0.3, 0.4) is 0 Å². The molecule has 1 heterocycles. The van der Waals surface area contributed by atoms with Crippen molar-refractivity contribution in [3.05, 3.63) is 23.2 Å². The molecule has 1 aromatic rings. The zero-order valence-electron chi connectivity index (χ0n) is 7.63. The van der Waals surface area contributed by atoms with E-state index in [1.165, 1.54) is 6.33 Å². The molecule has 0 aliphatic carbocycles. The highest BCUT2D eigenvalue weighted by Gasteiger charge is 2.13. The average Bonchev–Trinajstić information content (AvgIpc) is 1.91. The maximum Gasteiger partial charge on any atom is 0.135 e. The van der Waals surface area contributed by atoms with Gasteiger partial charge < -0.3 is 0 Å². The summed E-state index contributed by atoms with van der Waals surface area (Å²) in [4.78, 5) is 7.85. The van der Waals surface area contributed by atoms with Gasteiger partial charge in [0.15, 0.2) is 0 Å². The predicted octanol–water partition coefficient (Wildman–Crippen LogP) is 2.72. The summed E-state index contributed by atoms with van der Waals surface area (Å²) >= 11 is 5.88. The molecule has 0 fully saturated rings. The number of hydrogen-bond acceptors (Lipinski definition) is 2. The van der Waals surface area contributed by atoms with Gasteiger partial charge in [-0.2, -0.15) is 0 Å². The number of halogens is 1. The monoisotopic (exact) mass is 184 g/mol. The molecule has 0 saturated heterocycles. The van der Waals surface area contributed by atoms with Gasteiger partial charge in [0, 0.05) is 11.8 Å². The molecule has 0 spiro atoms. The van der Waals surface area contributed by atoms with Crippen LogP contribution in [0, 0.1) is 5.41 Å². The Morgan fingerprint density at radius 3 is 2.58 bits per heavy atom. The summed E-state index contributed by atoms with van der Waals surface area (Å²) in [7, 11) is 0. The molecule has 66 valence electrons. The van der Waals surface area contributed by atoms with E-state index in [1.807, 2.05) is 0 Å². The van der Waals surface area contributed by atoms with Crippen molar-refractivity contribution >= 4 is 11.6 Å². The van der Waals surface area contributed by atoms with E-state index in [0.717, 1.165) is 12.0 Å². The number of hydrogen-bond donors (Lipinski definition) is 0. The highest BCUT2D eigenvalue weighted by molar-refractivity contribution is 6.30. The summed E-state index contributed by atoms with van der Waals surface area (Å²) in [5.41, 5.74) is 1.25. The van der Waals surface area contributed by atoms with Gasteiger partial charge >= 0.3 is 0 Å². The highest BCUT2D eigenvalue weighted by atomic mass is 35.5. The van der Waals surface area contributed by atoms with Crippen LogP contribution in [0.2, 0.25) is 5.15 Å². The first-order valence-corrected chi connectivity index (χ1v) is 4.31. The fraction of sp³-hybridized carbons (Fsp3) is 0.556. The summed E-state index contributed by atoms with van der Waals surface area (Å²) in [6, 6.07) is 0. The van der Waals surface area contributed by atoms with E-state index in [1.54, 1.807) is 6.20 Å². The molecule has 2 nitrogen and oxygen atoms in total. The Morgan fingerprint density at radius 1 is 1.42 bits per heavy atom. The Morgan fingerprint density at radius 2 is 2.08 bits per heavy atom. The highest BCUT2D eigenvalue weighted by Crippen LogP contribution is 2.23. The summed E-state index contributed by atoms with van der Waals surface area (Å²) in [5.74, 6) is 0. The maximum absolute atomic E-state index is 5.88. The van der Waals surface area contributed by atoms with Gasteiger partial charge in [0.25, 0.3) is 0 Å². The van der Waals surface area contributed by atoms with E-state index < -0.39 is 0 Å². The van der Waals surface area contributed by atoms with Crippen LogP contribution in [0.15, 0.2) is 12.5 Å². The van der Waals surface area contributed by atoms with E-state index in [0.29, 0.717) is 5.15 Å². The molecule has 1 rings (SSSR count). The SMILES string of the molecule is CC(C)(C)Cc1cncnc1Cl. The fourth-order valence-corrected chi connectivity index (χ4v) is 1.19. The van der Waals surface area contributed by atoms with Gasteiger partial charge in [-0.05, 0) is 11.8 Å². The first kappa shape index (κ1) is 9.46. The third-order valence-corrected chi connectivity index (χ3v) is 1.79. The van der Waals surface area contributed by atoms with Crippen LogP contribution < -0.4 is 0 Å². The summed E-state index contributed by atoms with van der Waals surface area (Å²) in [5, 5.41) is 0.569. The second kappa shape index (κ2) is 3.40. The fourth-order valence-electron chi connectivity index (χ4n) is 1.03. The molecule has 0 aliphatic heterocycles. The smallest absolute Gasteiger partial charge is 0.135 e. The van der Waals surface area contributed by atoms with Gasteiger partial charge in [-0.15, -0.1) is 0 Å². The van der Waals surface area contributed by atoms with E-state index in [-0.39, 0.29) is 5.41 Å². The van der Waals surface area contributed by atoms with Gasteiger partial charge in [0.2, 0.25) is 0 Å².